The second kappa shape index (κ2) is 7.79. The van der Waals surface area contributed by atoms with Crippen LogP contribution >= 0.6 is 0 Å². The predicted octanol–water partition coefficient (Wildman–Crippen LogP) is 1.96. The summed E-state index contributed by atoms with van der Waals surface area (Å²) >= 11 is 0. The maximum atomic E-state index is 11.8. The molecule has 0 aromatic heterocycles. The topological polar surface area (TPSA) is 41.6 Å². The summed E-state index contributed by atoms with van der Waals surface area (Å²) in [6, 6.07) is 6.06. The number of hydrogen-bond acceptors (Lipinski definition) is 3. The molecule has 0 saturated carbocycles. The molecule has 1 amide bonds. The molecule has 0 fully saturated rings. The van der Waals surface area contributed by atoms with Crippen LogP contribution < -0.4 is 10.1 Å². The number of aryl methyl sites for hydroxylation is 1. The van der Waals surface area contributed by atoms with Gasteiger partial charge in [0.05, 0.1) is 6.61 Å². The second-order valence-corrected chi connectivity index (χ2v) is 4.64. The smallest absolute Gasteiger partial charge is 0.223 e. The van der Waals surface area contributed by atoms with Crippen molar-refractivity contribution in [2.45, 2.75) is 26.8 Å². The summed E-state index contributed by atoms with van der Waals surface area (Å²) in [5.41, 5.74) is 2.23. The van der Waals surface area contributed by atoms with Crippen LogP contribution in [0.25, 0.3) is 0 Å². The molecule has 0 saturated heterocycles. The molecule has 106 valence electrons. The van der Waals surface area contributed by atoms with E-state index >= 15 is 0 Å². The standard InChI is InChI=1S/C15H24N2O2/c1-5-19-14-7-6-13(10-12(14)2)11-17(4)15(18)8-9-16-3/h6-7,10,16H,5,8-9,11H2,1-4H3. The molecule has 1 rings (SSSR count). The average Bonchev–Trinajstić information content (AvgIpc) is 2.39. The van der Waals surface area contributed by atoms with Gasteiger partial charge in [-0.25, -0.2) is 0 Å². The Hall–Kier alpha value is -1.55. The van der Waals surface area contributed by atoms with Gasteiger partial charge in [0.1, 0.15) is 5.75 Å². The third kappa shape index (κ3) is 4.91. The summed E-state index contributed by atoms with van der Waals surface area (Å²) in [6.45, 7) is 6.02. The normalized spacial score (nSPS) is 10.3. The molecule has 0 aliphatic heterocycles. The Bertz CT molecular complexity index is 419. The highest BCUT2D eigenvalue weighted by molar-refractivity contribution is 5.76. The van der Waals surface area contributed by atoms with Gasteiger partial charge in [0, 0.05) is 26.6 Å². The molecule has 1 N–H and O–H groups in total. The first-order chi connectivity index (χ1) is 9.08. The fourth-order valence-corrected chi connectivity index (χ4v) is 1.91. The molecule has 0 spiro atoms. The molecule has 0 unspecified atom stereocenters. The highest BCUT2D eigenvalue weighted by Crippen LogP contribution is 2.19. The van der Waals surface area contributed by atoms with Crippen molar-refractivity contribution in [1.82, 2.24) is 10.2 Å². The fourth-order valence-electron chi connectivity index (χ4n) is 1.91. The minimum atomic E-state index is 0.154. The molecule has 19 heavy (non-hydrogen) atoms. The number of benzene rings is 1. The van der Waals surface area contributed by atoms with Crippen molar-refractivity contribution >= 4 is 5.91 Å². The van der Waals surface area contributed by atoms with Gasteiger partial charge >= 0.3 is 0 Å². The molecule has 0 atom stereocenters. The van der Waals surface area contributed by atoms with Crippen molar-refractivity contribution in [1.29, 1.82) is 0 Å². The van der Waals surface area contributed by atoms with Gasteiger partial charge in [-0.05, 0) is 38.1 Å². The molecule has 4 heteroatoms. The number of carbonyl (C=O) groups excluding carboxylic acids is 1. The SMILES string of the molecule is CCOc1ccc(CN(C)C(=O)CCNC)cc1C. The summed E-state index contributed by atoms with van der Waals surface area (Å²) in [5.74, 6) is 1.07. The lowest BCUT2D eigenvalue weighted by atomic mass is 10.1. The van der Waals surface area contributed by atoms with Crippen molar-refractivity contribution < 1.29 is 9.53 Å². The molecule has 0 aliphatic carbocycles. The second-order valence-electron chi connectivity index (χ2n) is 4.64. The number of hydrogen-bond donors (Lipinski definition) is 1. The first-order valence-electron chi connectivity index (χ1n) is 6.69. The third-order valence-corrected chi connectivity index (χ3v) is 2.97. The van der Waals surface area contributed by atoms with Crippen LogP contribution in [-0.4, -0.2) is 38.1 Å². The average molecular weight is 264 g/mol. The van der Waals surface area contributed by atoms with Crippen molar-refractivity contribution in [3.8, 4) is 5.75 Å². The molecule has 0 heterocycles. The third-order valence-electron chi connectivity index (χ3n) is 2.97. The van der Waals surface area contributed by atoms with E-state index in [0.29, 0.717) is 26.1 Å². The summed E-state index contributed by atoms with van der Waals surface area (Å²) in [7, 11) is 3.69. The van der Waals surface area contributed by atoms with E-state index in [1.165, 1.54) is 0 Å². The van der Waals surface area contributed by atoms with E-state index in [2.05, 4.69) is 11.4 Å². The first-order valence-corrected chi connectivity index (χ1v) is 6.69. The van der Waals surface area contributed by atoms with Crippen molar-refractivity contribution in [2.75, 3.05) is 27.2 Å². The zero-order valence-corrected chi connectivity index (χ0v) is 12.3. The van der Waals surface area contributed by atoms with E-state index in [0.717, 1.165) is 16.9 Å². The maximum absolute atomic E-state index is 11.8. The lowest BCUT2D eigenvalue weighted by Gasteiger charge is -2.18. The van der Waals surface area contributed by atoms with Gasteiger partial charge in [0.15, 0.2) is 0 Å². The quantitative estimate of drug-likeness (QED) is 0.818. The van der Waals surface area contributed by atoms with Gasteiger partial charge in [-0.1, -0.05) is 12.1 Å². The van der Waals surface area contributed by atoms with Gasteiger partial charge in [0.2, 0.25) is 5.91 Å². The predicted molar refractivity (Wildman–Crippen MR) is 77.4 cm³/mol. The molecular weight excluding hydrogens is 240 g/mol. The lowest BCUT2D eigenvalue weighted by Crippen LogP contribution is -2.28. The van der Waals surface area contributed by atoms with Crippen LogP contribution in [0.1, 0.15) is 24.5 Å². The summed E-state index contributed by atoms with van der Waals surface area (Å²) in [4.78, 5) is 13.6. The van der Waals surface area contributed by atoms with Gasteiger partial charge in [-0.3, -0.25) is 4.79 Å². The number of nitrogens with zero attached hydrogens (tertiary/aromatic N) is 1. The highest BCUT2D eigenvalue weighted by atomic mass is 16.5. The molecular formula is C15H24N2O2. The van der Waals surface area contributed by atoms with Gasteiger partial charge in [-0.2, -0.15) is 0 Å². The van der Waals surface area contributed by atoms with Crippen LogP contribution in [0.3, 0.4) is 0 Å². The Morgan fingerprint density at radius 1 is 1.42 bits per heavy atom. The Labute approximate surface area is 115 Å². The number of ether oxygens (including phenoxy) is 1. The van der Waals surface area contributed by atoms with E-state index in [9.17, 15) is 4.79 Å². The minimum Gasteiger partial charge on any atom is -0.494 e. The van der Waals surface area contributed by atoms with Crippen LogP contribution in [0.4, 0.5) is 0 Å². The van der Waals surface area contributed by atoms with E-state index in [4.69, 9.17) is 4.74 Å². The number of nitrogens with one attached hydrogen (secondary N) is 1. The van der Waals surface area contributed by atoms with E-state index < -0.39 is 0 Å². The van der Waals surface area contributed by atoms with E-state index in [1.807, 2.05) is 40.1 Å². The highest BCUT2D eigenvalue weighted by Gasteiger charge is 2.09. The molecule has 0 aliphatic rings. The van der Waals surface area contributed by atoms with Crippen molar-refractivity contribution in [3.05, 3.63) is 29.3 Å². The van der Waals surface area contributed by atoms with Gasteiger partial charge in [-0.15, -0.1) is 0 Å². The van der Waals surface area contributed by atoms with Crippen molar-refractivity contribution in [2.24, 2.45) is 0 Å². The largest absolute Gasteiger partial charge is 0.494 e. The Balaban J connectivity index is 2.61. The van der Waals surface area contributed by atoms with Crippen LogP contribution in [-0.2, 0) is 11.3 Å². The molecule has 1 aromatic carbocycles. The fraction of sp³-hybridized carbons (Fsp3) is 0.533. The van der Waals surface area contributed by atoms with Crippen LogP contribution in [0.5, 0.6) is 5.75 Å². The Morgan fingerprint density at radius 2 is 2.16 bits per heavy atom. The van der Waals surface area contributed by atoms with Crippen LogP contribution in [0.15, 0.2) is 18.2 Å². The monoisotopic (exact) mass is 264 g/mol. The molecule has 1 aromatic rings. The van der Waals surface area contributed by atoms with Gasteiger partial charge in [0.25, 0.3) is 0 Å². The zero-order chi connectivity index (χ0) is 14.3. The lowest BCUT2D eigenvalue weighted by molar-refractivity contribution is -0.130. The zero-order valence-electron chi connectivity index (χ0n) is 12.3. The van der Waals surface area contributed by atoms with E-state index in [1.54, 1.807) is 4.90 Å². The minimum absolute atomic E-state index is 0.154. The van der Waals surface area contributed by atoms with Crippen molar-refractivity contribution in [3.63, 3.8) is 0 Å². The molecule has 0 bridgehead atoms. The van der Waals surface area contributed by atoms with Crippen LogP contribution in [0.2, 0.25) is 0 Å². The van der Waals surface area contributed by atoms with Gasteiger partial charge < -0.3 is 15.0 Å². The number of carbonyl (C=O) groups is 1. The molecule has 0 radical (unpaired) electrons. The number of amides is 1. The number of rotatable bonds is 7. The summed E-state index contributed by atoms with van der Waals surface area (Å²) < 4.78 is 5.51. The molecule has 4 nitrogen and oxygen atoms in total. The van der Waals surface area contributed by atoms with E-state index in [-0.39, 0.29) is 5.91 Å². The first kappa shape index (κ1) is 15.5. The summed E-state index contributed by atoms with van der Waals surface area (Å²) in [6.07, 6.45) is 0.531. The summed E-state index contributed by atoms with van der Waals surface area (Å²) in [5, 5.41) is 2.98. The van der Waals surface area contributed by atoms with Crippen LogP contribution in [0, 0.1) is 6.92 Å². The maximum Gasteiger partial charge on any atom is 0.223 e. The Morgan fingerprint density at radius 3 is 2.74 bits per heavy atom. The Kier molecular flexibility index (Phi) is 6.36.